The maximum atomic E-state index is 9.92. The topological polar surface area (TPSA) is 63.3 Å². The Kier molecular flexibility index (Phi) is 1.60. The van der Waals surface area contributed by atoms with Crippen LogP contribution in [0.2, 0.25) is 0 Å². The second-order valence-electron chi connectivity index (χ2n) is 0.911. The third-order valence-corrected chi connectivity index (χ3v) is 0.348. The molecule has 0 fully saturated rings. The summed E-state index contributed by atoms with van der Waals surface area (Å²) in [6.45, 7) is 0.248. The fraction of sp³-hybridized carbons (Fsp3) is 0.667. The lowest BCUT2D eigenvalue weighted by Crippen LogP contribution is -2.05. The van der Waals surface area contributed by atoms with Gasteiger partial charge in [-0.1, -0.05) is 0 Å². The Hall–Kier alpha value is -0.570. The molecule has 0 aromatic rings. The van der Waals surface area contributed by atoms with Crippen molar-refractivity contribution >= 4 is 5.97 Å². The highest BCUT2D eigenvalue weighted by Crippen LogP contribution is 1.67. The van der Waals surface area contributed by atoms with E-state index < -0.39 is 5.97 Å². The van der Waals surface area contributed by atoms with E-state index in [0.29, 0.717) is 0 Å². The normalized spacial score (nSPS) is 9.83. The zero-order valence-electron chi connectivity index (χ0n) is 4.31. The van der Waals surface area contributed by atoms with E-state index in [1.54, 1.807) is 0 Å². The summed E-state index contributed by atoms with van der Waals surface area (Å²) >= 11 is 0. The van der Waals surface area contributed by atoms with Gasteiger partial charge in [0.1, 0.15) is 0 Å². The lowest BCUT2D eigenvalue weighted by Gasteiger charge is -1.80. The van der Waals surface area contributed by atoms with Crippen LogP contribution in [0.1, 0.15) is 6.42 Å². The van der Waals surface area contributed by atoms with Crippen molar-refractivity contribution in [1.29, 1.82) is 1.43 Å². The molecule has 0 aromatic carbocycles. The third-order valence-electron chi connectivity index (χ3n) is 0.348. The Bertz CT molecular complexity index is 66.0. The maximum absolute atomic E-state index is 9.92. The van der Waals surface area contributed by atoms with E-state index in [4.69, 9.17) is 7.16 Å². The second kappa shape index (κ2) is 2.66. The minimum absolute atomic E-state index is 0.128. The first-order valence-electron chi connectivity index (χ1n) is 2.08. The molecule has 36 valence electrons. The Morgan fingerprint density at radius 2 is 2.83 bits per heavy atom. The first-order chi connectivity index (χ1) is 3.31. The summed E-state index contributed by atoms with van der Waals surface area (Å²) in [6, 6.07) is 0. The molecule has 0 radical (unpaired) electrons. The number of hydrogen-bond acceptors (Lipinski definition) is 3. The maximum Gasteiger partial charge on any atom is 0.304 e. The summed E-state index contributed by atoms with van der Waals surface area (Å²) in [5.74, 6) is -0.581. The Balaban J connectivity index is 3.00. The molecule has 3 nitrogen and oxygen atoms in total. The van der Waals surface area contributed by atoms with Gasteiger partial charge < -0.3 is 10.8 Å². The Morgan fingerprint density at radius 3 is 3.00 bits per heavy atom. The van der Waals surface area contributed by atoms with Crippen LogP contribution in [0.3, 0.4) is 0 Å². The highest BCUT2D eigenvalue weighted by Gasteiger charge is 1.87. The molecular formula is C3H7NO2. The standard InChI is InChI=1S/C3H7NO2/c4-2-1-3(5)6/h1-2,4H2,(H,5,6)/i/hD. The van der Waals surface area contributed by atoms with Crippen LogP contribution in [0.5, 0.6) is 0 Å². The van der Waals surface area contributed by atoms with Gasteiger partial charge in [0.15, 0.2) is 0 Å². The van der Waals surface area contributed by atoms with Crippen LogP contribution in [0, 0.1) is 0 Å². The average Bonchev–Trinajstić information content (AvgIpc) is 1.68. The number of carboxylic acids is 1. The monoisotopic (exact) mass is 90.1 g/mol. The molecular weight excluding hydrogens is 82.0 g/mol. The highest BCUT2D eigenvalue weighted by molar-refractivity contribution is 5.66. The van der Waals surface area contributed by atoms with E-state index in [-0.39, 0.29) is 13.0 Å². The molecule has 0 aromatic heterocycles. The molecule has 0 aliphatic carbocycles. The second-order valence-corrected chi connectivity index (χ2v) is 0.911. The van der Waals surface area contributed by atoms with Gasteiger partial charge in [-0.05, 0) is 0 Å². The van der Waals surface area contributed by atoms with Crippen molar-refractivity contribution in [3.63, 3.8) is 0 Å². The summed E-state index contributed by atoms with van der Waals surface area (Å²) < 4.78 is 6.01. The van der Waals surface area contributed by atoms with Gasteiger partial charge in [-0.2, -0.15) is 0 Å². The number of hydrogen-bond donors (Lipinski definition) is 2. The summed E-state index contributed by atoms with van der Waals surface area (Å²) in [7, 11) is 0. The predicted octanol–water partition coefficient (Wildman–Crippen LogP) is -0.580. The molecule has 0 bridgehead atoms. The molecule has 0 aliphatic heterocycles. The molecule has 0 rings (SSSR count). The van der Waals surface area contributed by atoms with Gasteiger partial charge >= 0.3 is 5.97 Å². The smallest absolute Gasteiger partial charge is 0.304 e. The third kappa shape index (κ3) is 3.43. The number of carboxylic acid groups (broad SMARTS) is 1. The van der Waals surface area contributed by atoms with Crippen molar-refractivity contribution < 1.29 is 9.90 Å². The number of aliphatic carboxylic acids is 1. The summed E-state index contributed by atoms with van der Waals surface area (Å²) in [5, 5.41) is 3.52. The molecule has 3 N–H and O–H groups in total. The van der Waals surface area contributed by atoms with Crippen LogP contribution < -0.4 is 5.73 Å². The van der Waals surface area contributed by atoms with Gasteiger partial charge in [0.05, 0.1) is 6.42 Å². The summed E-state index contributed by atoms with van der Waals surface area (Å²) in [4.78, 5) is 9.92. The van der Waals surface area contributed by atoms with Crippen molar-refractivity contribution in [2.75, 3.05) is 6.54 Å². The molecule has 6 heavy (non-hydrogen) atoms. The molecule has 0 spiro atoms. The van der Waals surface area contributed by atoms with E-state index in [0.717, 1.165) is 0 Å². The fourth-order valence-corrected chi connectivity index (χ4v) is 0.118. The lowest BCUT2D eigenvalue weighted by molar-refractivity contribution is -0.136. The van der Waals surface area contributed by atoms with E-state index in [9.17, 15) is 4.79 Å². The Morgan fingerprint density at radius 1 is 2.17 bits per heavy atom. The van der Waals surface area contributed by atoms with Gasteiger partial charge in [0, 0.05) is 6.54 Å². The van der Waals surface area contributed by atoms with E-state index in [1.165, 1.54) is 0 Å². The minimum Gasteiger partial charge on any atom is -0.481 e. The molecule has 0 atom stereocenters. The van der Waals surface area contributed by atoms with Crippen molar-refractivity contribution in [3.8, 4) is 0 Å². The summed E-state index contributed by atoms with van der Waals surface area (Å²) in [5.41, 5.74) is 4.92. The van der Waals surface area contributed by atoms with Gasteiger partial charge in [-0.3, -0.25) is 4.79 Å². The lowest BCUT2D eigenvalue weighted by atomic mass is 10.5. The van der Waals surface area contributed by atoms with Crippen LogP contribution >= 0.6 is 0 Å². The zero-order chi connectivity index (χ0) is 5.70. The van der Waals surface area contributed by atoms with Crippen LogP contribution in [-0.2, 0) is 4.79 Å². The van der Waals surface area contributed by atoms with Gasteiger partial charge in [0.2, 0.25) is 0 Å². The first kappa shape index (κ1) is 3.61. The number of nitrogens with two attached hydrogens (primary N) is 1. The largest absolute Gasteiger partial charge is 0.481 e. The summed E-state index contributed by atoms with van der Waals surface area (Å²) in [6.07, 6.45) is 0.128. The molecule has 0 heterocycles. The van der Waals surface area contributed by atoms with Crippen molar-refractivity contribution in [3.05, 3.63) is 0 Å². The van der Waals surface area contributed by atoms with Crippen LogP contribution in [0.15, 0.2) is 0 Å². The molecule has 3 heteroatoms. The van der Waals surface area contributed by atoms with Gasteiger partial charge in [-0.15, -0.1) is 0 Å². The van der Waals surface area contributed by atoms with Gasteiger partial charge in [-0.25, -0.2) is 0 Å². The molecule has 0 saturated heterocycles. The van der Waals surface area contributed by atoms with Crippen LogP contribution in [-0.4, -0.2) is 17.6 Å². The van der Waals surface area contributed by atoms with E-state index >= 15 is 0 Å². The minimum atomic E-state index is -0.581. The zero-order valence-corrected chi connectivity index (χ0v) is 3.31. The fourth-order valence-electron chi connectivity index (χ4n) is 0.118. The molecule has 0 amide bonds. The quantitative estimate of drug-likeness (QED) is 0.476. The SMILES string of the molecule is [2H]OC(=O)CCN. The highest BCUT2D eigenvalue weighted by atomic mass is 16.4. The van der Waals surface area contributed by atoms with Crippen LogP contribution in [0.25, 0.3) is 1.43 Å². The van der Waals surface area contributed by atoms with E-state index in [2.05, 4.69) is 5.11 Å². The molecule has 0 unspecified atom stereocenters. The molecule has 0 saturated carbocycles. The van der Waals surface area contributed by atoms with Crippen molar-refractivity contribution in [1.82, 2.24) is 0 Å². The average molecular weight is 90.1 g/mol. The predicted molar refractivity (Wildman–Crippen MR) is 21.3 cm³/mol. The first-order valence-corrected chi connectivity index (χ1v) is 1.67. The van der Waals surface area contributed by atoms with Crippen molar-refractivity contribution in [2.45, 2.75) is 6.42 Å². The molecule has 0 aliphatic rings. The number of carbonyl (C=O) groups is 1. The Labute approximate surface area is 37.3 Å². The van der Waals surface area contributed by atoms with Crippen molar-refractivity contribution in [2.24, 2.45) is 5.73 Å². The van der Waals surface area contributed by atoms with E-state index in [1.807, 2.05) is 0 Å². The van der Waals surface area contributed by atoms with Crippen LogP contribution in [0.4, 0.5) is 0 Å². The number of rotatable bonds is 2. The van der Waals surface area contributed by atoms with Gasteiger partial charge in [0.25, 0.3) is 1.43 Å².